The Bertz CT molecular complexity index is 820. The van der Waals surface area contributed by atoms with Crippen LogP contribution in [0.25, 0.3) is 0 Å². The molecular formula is C45H82N2OS2. The first kappa shape index (κ1) is 47.1. The Morgan fingerprint density at radius 2 is 0.900 bits per heavy atom. The smallest absolute Gasteiger partial charge is 0.236 e. The van der Waals surface area contributed by atoms with E-state index in [2.05, 4.69) is 90.9 Å². The van der Waals surface area contributed by atoms with Gasteiger partial charge in [0.25, 0.3) is 0 Å². The van der Waals surface area contributed by atoms with Crippen molar-refractivity contribution in [3.05, 3.63) is 48.6 Å². The maximum absolute atomic E-state index is 12.7. The highest BCUT2D eigenvalue weighted by Crippen LogP contribution is 2.38. The molecule has 0 N–H and O–H groups in total. The van der Waals surface area contributed by atoms with E-state index in [1.807, 2.05) is 19.0 Å². The van der Waals surface area contributed by atoms with Gasteiger partial charge in [-0.3, -0.25) is 4.79 Å². The summed E-state index contributed by atoms with van der Waals surface area (Å²) in [4.78, 5) is 16.8. The minimum atomic E-state index is 0.302. The van der Waals surface area contributed by atoms with Crippen LogP contribution in [0.4, 0.5) is 0 Å². The molecule has 0 atom stereocenters. The quantitative estimate of drug-likeness (QED) is 0.0473. The number of likely N-dealkylation sites (N-methyl/N-ethyl adjacent to an activating group) is 1. The van der Waals surface area contributed by atoms with Gasteiger partial charge in [0, 0.05) is 30.0 Å². The second kappa shape index (κ2) is 35.1. The number of hydrogen-bond acceptors (Lipinski definition) is 4. The van der Waals surface area contributed by atoms with Gasteiger partial charge < -0.3 is 9.80 Å². The van der Waals surface area contributed by atoms with E-state index in [9.17, 15) is 4.79 Å². The first-order chi connectivity index (χ1) is 24.5. The topological polar surface area (TPSA) is 23.6 Å². The molecule has 1 amide bonds. The molecule has 0 radical (unpaired) electrons. The number of carbonyl (C=O) groups excluding carboxylic acids is 1. The molecule has 5 heteroatoms. The number of allylic oxidation sites excluding steroid dienone is 8. The van der Waals surface area contributed by atoms with Crippen LogP contribution >= 0.6 is 23.5 Å². The number of carbonyl (C=O) groups is 1. The maximum Gasteiger partial charge on any atom is 0.236 e. The summed E-state index contributed by atoms with van der Waals surface area (Å²) >= 11 is 4.31. The molecule has 0 aromatic rings. The molecule has 0 spiro atoms. The molecular weight excluding hydrogens is 649 g/mol. The summed E-state index contributed by atoms with van der Waals surface area (Å²) < 4.78 is 0. The minimum absolute atomic E-state index is 0.302. The first-order valence-electron chi connectivity index (χ1n) is 21.2. The standard InChI is InChI=1S/C45H82N2OS2/c1-5-7-9-11-13-15-17-19-21-23-25-27-29-31-33-35-37-49-42-45(40-47(41-45)44(48)39-46(3)4)43-50-38-36-34-32-30-28-26-24-22-20-18-16-14-12-10-8-6-2/h13-16,19-22H,5-12,17-18,23-43H2,1-4H3/b15-13-,16-14-,21-19-,22-20-. The van der Waals surface area contributed by atoms with Gasteiger partial charge >= 0.3 is 0 Å². The van der Waals surface area contributed by atoms with Crippen molar-refractivity contribution in [2.75, 3.05) is 56.7 Å². The highest BCUT2D eigenvalue weighted by Gasteiger charge is 2.44. The largest absolute Gasteiger partial charge is 0.340 e. The molecule has 0 unspecified atom stereocenters. The monoisotopic (exact) mass is 731 g/mol. The molecule has 0 saturated carbocycles. The van der Waals surface area contributed by atoms with E-state index < -0.39 is 0 Å². The van der Waals surface area contributed by atoms with Crippen LogP contribution in [0, 0.1) is 5.41 Å². The molecule has 0 aromatic carbocycles. The number of hydrogen-bond donors (Lipinski definition) is 0. The summed E-state index contributed by atoms with van der Waals surface area (Å²) in [5.74, 6) is 5.29. The summed E-state index contributed by atoms with van der Waals surface area (Å²) in [5.41, 5.74) is 0.327. The van der Waals surface area contributed by atoms with E-state index in [1.165, 1.54) is 164 Å². The van der Waals surface area contributed by atoms with Crippen LogP contribution in [0.15, 0.2) is 48.6 Å². The highest BCUT2D eigenvalue weighted by molar-refractivity contribution is 8.00. The summed E-state index contributed by atoms with van der Waals surface area (Å²) in [6.45, 7) is 7.00. The molecule has 0 bridgehead atoms. The summed E-state index contributed by atoms with van der Waals surface area (Å²) in [5, 5.41) is 0. The Hall–Kier alpha value is -0.910. The average Bonchev–Trinajstić information content (AvgIpc) is 3.08. The normalized spacial score (nSPS) is 14.8. The maximum atomic E-state index is 12.7. The number of thioether (sulfide) groups is 2. The van der Waals surface area contributed by atoms with Gasteiger partial charge in [-0.25, -0.2) is 0 Å². The fourth-order valence-corrected chi connectivity index (χ4v) is 9.17. The van der Waals surface area contributed by atoms with Crippen LogP contribution in [0.3, 0.4) is 0 Å². The second-order valence-electron chi connectivity index (χ2n) is 15.3. The molecule has 0 aromatic heterocycles. The summed E-state index contributed by atoms with van der Waals surface area (Å²) in [6, 6.07) is 0. The van der Waals surface area contributed by atoms with Gasteiger partial charge in [0.05, 0.1) is 6.54 Å². The zero-order chi connectivity index (χ0) is 36.2. The molecule has 1 fully saturated rings. The van der Waals surface area contributed by atoms with Gasteiger partial charge in [0.2, 0.25) is 5.91 Å². The number of unbranched alkanes of at least 4 members (excludes halogenated alkanes) is 18. The van der Waals surface area contributed by atoms with E-state index in [-0.39, 0.29) is 0 Å². The SMILES string of the molecule is CCCCC/C=C\C/C=C\CCCCCCCCSCC1(CSCCCCCCCC/C=C\C/C=C\CCCCC)CN(C(=O)CN(C)C)C1. The second-order valence-corrected chi connectivity index (χ2v) is 17.5. The van der Waals surface area contributed by atoms with Crippen molar-refractivity contribution in [3.63, 3.8) is 0 Å². The van der Waals surface area contributed by atoms with Gasteiger partial charge in [-0.2, -0.15) is 23.5 Å². The van der Waals surface area contributed by atoms with Crippen molar-refractivity contribution in [2.24, 2.45) is 5.41 Å². The van der Waals surface area contributed by atoms with E-state index in [0.717, 1.165) is 25.9 Å². The van der Waals surface area contributed by atoms with Crippen molar-refractivity contribution in [3.8, 4) is 0 Å². The van der Waals surface area contributed by atoms with E-state index in [4.69, 9.17) is 0 Å². The fourth-order valence-electron chi connectivity index (χ4n) is 6.50. The third kappa shape index (κ3) is 28.6. The zero-order valence-corrected chi connectivity index (χ0v) is 35.3. The molecule has 0 aliphatic carbocycles. The minimum Gasteiger partial charge on any atom is -0.340 e. The van der Waals surface area contributed by atoms with Crippen LogP contribution in [0.1, 0.15) is 168 Å². The third-order valence-electron chi connectivity index (χ3n) is 9.65. The lowest BCUT2D eigenvalue weighted by Gasteiger charge is -2.50. The Kier molecular flexibility index (Phi) is 33.1. The molecule has 1 aliphatic heterocycles. The Morgan fingerprint density at radius 1 is 0.540 bits per heavy atom. The van der Waals surface area contributed by atoms with Gasteiger partial charge in [-0.15, -0.1) is 0 Å². The van der Waals surface area contributed by atoms with Crippen LogP contribution in [-0.2, 0) is 4.79 Å². The van der Waals surface area contributed by atoms with E-state index >= 15 is 0 Å². The fraction of sp³-hybridized carbons (Fsp3) is 0.800. The van der Waals surface area contributed by atoms with E-state index in [1.54, 1.807) is 0 Å². The van der Waals surface area contributed by atoms with Crippen LogP contribution in [0.5, 0.6) is 0 Å². The van der Waals surface area contributed by atoms with Gasteiger partial charge in [-0.1, -0.05) is 140 Å². The zero-order valence-electron chi connectivity index (χ0n) is 33.7. The lowest BCUT2D eigenvalue weighted by atomic mass is 9.83. The van der Waals surface area contributed by atoms with Crippen LogP contribution < -0.4 is 0 Å². The molecule has 1 rings (SSSR count). The lowest BCUT2D eigenvalue weighted by molar-refractivity contribution is -0.141. The number of amides is 1. The Labute approximate surface area is 321 Å². The summed E-state index contributed by atoms with van der Waals surface area (Å²) in [7, 11) is 3.99. The van der Waals surface area contributed by atoms with Crippen LogP contribution in [0.2, 0.25) is 0 Å². The molecule has 3 nitrogen and oxygen atoms in total. The molecule has 1 aliphatic rings. The van der Waals surface area contributed by atoms with Crippen molar-refractivity contribution >= 4 is 29.4 Å². The summed E-state index contributed by atoms with van der Waals surface area (Å²) in [6.07, 6.45) is 50.4. The third-order valence-corrected chi connectivity index (χ3v) is 12.4. The van der Waals surface area contributed by atoms with Crippen molar-refractivity contribution in [2.45, 2.75) is 168 Å². The van der Waals surface area contributed by atoms with E-state index in [0.29, 0.717) is 17.9 Å². The lowest BCUT2D eigenvalue weighted by Crippen LogP contribution is -2.62. The van der Waals surface area contributed by atoms with Crippen LogP contribution in [-0.4, -0.2) is 72.4 Å². The van der Waals surface area contributed by atoms with Gasteiger partial charge in [0.1, 0.15) is 0 Å². The highest BCUT2D eigenvalue weighted by atomic mass is 32.2. The van der Waals surface area contributed by atoms with Crippen molar-refractivity contribution < 1.29 is 4.79 Å². The van der Waals surface area contributed by atoms with Gasteiger partial charge in [0.15, 0.2) is 0 Å². The predicted octanol–water partition coefficient (Wildman–Crippen LogP) is 13.5. The Balaban J connectivity index is 2.10. The predicted molar refractivity (Wildman–Crippen MR) is 231 cm³/mol. The average molecular weight is 731 g/mol. The molecule has 1 heterocycles. The molecule has 1 saturated heterocycles. The Morgan fingerprint density at radius 3 is 1.28 bits per heavy atom. The number of rotatable bonds is 36. The molecule has 290 valence electrons. The number of likely N-dealkylation sites (tertiary alicyclic amines) is 1. The van der Waals surface area contributed by atoms with Crippen molar-refractivity contribution in [1.82, 2.24) is 9.80 Å². The molecule has 50 heavy (non-hydrogen) atoms. The first-order valence-corrected chi connectivity index (χ1v) is 23.5. The van der Waals surface area contributed by atoms with Crippen molar-refractivity contribution in [1.29, 1.82) is 0 Å². The number of nitrogens with zero attached hydrogens (tertiary/aromatic N) is 2. The van der Waals surface area contributed by atoms with Gasteiger partial charge in [-0.05, 0) is 103 Å².